The third-order valence-electron chi connectivity index (χ3n) is 4.04. The number of hydrogen-bond acceptors (Lipinski definition) is 3. The van der Waals surface area contributed by atoms with Gasteiger partial charge in [-0.15, -0.1) is 0 Å². The molecule has 1 amide bonds. The minimum absolute atomic E-state index is 0.342. The number of hydrogen-bond donors (Lipinski definition) is 1. The maximum absolute atomic E-state index is 13.7. The van der Waals surface area contributed by atoms with Crippen molar-refractivity contribution in [2.75, 3.05) is 5.32 Å². The van der Waals surface area contributed by atoms with Gasteiger partial charge in [0.15, 0.2) is 0 Å². The van der Waals surface area contributed by atoms with Gasteiger partial charge in [0, 0.05) is 28.5 Å². The highest BCUT2D eigenvalue weighted by Crippen LogP contribution is 2.25. The van der Waals surface area contributed by atoms with Crippen molar-refractivity contribution < 1.29 is 9.18 Å². The molecule has 5 nitrogen and oxygen atoms in total. The van der Waals surface area contributed by atoms with Crippen molar-refractivity contribution in [3.8, 4) is 16.9 Å². The molecule has 7 heteroatoms. The van der Waals surface area contributed by atoms with Crippen LogP contribution < -0.4 is 5.32 Å². The van der Waals surface area contributed by atoms with Crippen molar-refractivity contribution in [1.82, 2.24) is 14.8 Å². The van der Waals surface area contributed by atoms with E-state index in [-0.39, 0.29) is 11.7 Å². The first-order valence-electron chi connectivity index (χ1n) is 8.43. The van der Waals surface area contributed by atoms with Crippen LogP contribution in [0.4, 0.5) is 10.2 Å². The predicted molar refractivity (Wildman–Crippen MR) is 109 cm³/mol. The Bertz CT molecular complexity index is 1140. The van der Waals surface area contributed by atoms with Crippen molar-refractivity contribution in [2.24, 2.45) is 0 Å². The Hall–Kier alpha value is -3.32. The van der Waals surface area contributed by atoms with Crippen LogP contribution in [0.2, 0.25) is 0 Å². The Morgan fingerprint density at radius 3 is 2.57 bits per heavy atom. The Kier molecular flexibility index (Phi) is 4.99. The largest absolute Gasteiger partial charge is 0.306 e. The molecule has 0 atom stereocenters. The first kappa shape index (κ1) is 18.1. The Morgan fingerprint density at radius 2 is 1.82 bits per heavy atom. The number of amides is 1. The average Bonchev–Trinajstić information content (AvgIpc) is 3.12. The second kappa shape index (κ2) is 7.74. The molecule has 0 aliphatic carbocycles. The fourth-order valence-electron chi connectivity index (χ4n) is 2.75. The number of carbonyl (C=O) groups is 1. The number of nitrogens with zero attached hydrogens (tertiary/aromatic N) is 3. The Morgan fingerprint density at radius 1 is 1.00 bits per heavy atom. The minimum Gasteiger partial charge on any atom is -0.306 e. The maximum Gasteiger partial charge on any atom is 0.258 e. The number of carbonyl (C=O) groups excluding carboxylic acids is 1. The zero-order chi connectivity index (χ0) is 19.5. The third-order valence-corrected chi connectivity index (χ3v) is 4.47. The highest BCUT2D eigenvalue weighted by molar-refractivity contribution is 9.10. The first-order valence-corrected chi connectivity index (χ1v) is 9.23. The van der Waals surface area contributed by atoms with Gasteiger partial charge in [0.1, 0.15) is 11.6 Å². The molecule has 0 aliphatic heterocycles. The highest BCUT2D eigenvalue weighted by Gasteiger charge is 2.15. The van der Waals surface area contributed by atoms with Gasteiger partial charge in [-0.05, 0) is 40.2 Å². The summed E-state index contributed by atoms with van der Waals surface area (Å²) in [5.74, 6) is -0.303. The second-order valence-electron chi connectivity index (χ2n) is 6.02. The normalized spacial score (nSPS) is 10.6. The minimum atomic E-state index is -0.386. The summed E-state index contributed by atoms with van der Waals surface area (Å²) in [5.41, 5.74) is 2.44. The van der Waals surface area contributed by atoms with Gasteiger partial charge in [0.25, 0.3) is 5.91 Å². The molecule has 4 rings (SSSR count). The lowest BCUT2D eigenvalue weighted by Crippen LogP contribution is -2.15. The molecule has 0 bridgehead atoms. The van der Waals surface area contributed by atoms with Crippen LogP contribution in [0.1, 0.15) is 10.4 Å². The Labute approximate surface area is 169 Å². The van der Waals surface area contributed by atoms with Crippen molar-refractivity contribution in [2.45, 2.75) is 0 Å². The Balaban J connectivity index is 1.76. The first-order chi connectivity index (χ1) is 13.6. The molecular weight excluding hydrogens is 423 g/mol. The third kappa shape index (κ3) is 3.84. The molecule has 0 saturated heterocycles. The van der Waals surface area contributed by atoms with E-state index in [9.17, 15) is 9.18 Å². The van der Waals surface area contributed by atoms with Crippen LogP contribution in [0.25, 0.3) is 16.9 Å². The molecule has 0 fully saturated rings. The van der Waals surface area contributed by atoms with Crippen molar-refractivity contribution in [3.05, 3.63) is 95.0 Å². The predicted octanol–water partition coefficient (Wildman–Crippen LogP) is 5.09. The fraction of sp³-hybridized carbons (Fsp3) is 0. The van der Waals surface area contributed by atoms with Crippen LogP contribution in [0, 0.1) is 5.82 Å². The van der Waals surface area contributed by atoms with Gasteiger partial charge in [0.05, 0.1) is 16.9 Å². The number of pyridine rings is 1. The van der Waals surface area contributed by atoms with Gasteiger partial charge in [0.2, 0.25) is 0 Å². The summed E-state index contributed by atoms with van der Waals surface area (Å²) in [4.78, 5) is 16.7. The van der Waals surface area contributed by atoms with E-state index in [4.69, 9.17) is 0 Å². The summed E-state index contributed by atoms with van der Waals surface area (Å²) >= 11 is 3.31. The van der Waals surface area contributed by atoms with Crippen molar-refractivity contribution in [3.63, 3.8) is 0 Å². The molecule has 0 radical (unpaired) electrons. The summed E-state index contributed by atoms with van der Waals surface area (Å²) in [6, 6.07) is 19.0. The van der Waals surface area contributed by atoms with Crippen LogP contribution in [-0.2, 0) is 0 Å². The van der Waals surface area contributed by atoms with Gasteiger partial charge in [-0.2, -0.15) is 5.10 Å². The summed E-state index contributed by atoms with van der Waals surface area (Å²) < 4.78 is 16.0. The smallest absolute Gasteiger partial charge is 0.258 e. The van der Waals surface area contributed by atoms with E-state index in [1.165, 1.54) is 23.0 Å². The van der Waals surface area contributed by atoms with E-state index < -0.39 is 0 Å². The van der Waals surface area contributed by atoms with Gasteiger partial charge < -0.3 is 5.32 Å². The number of anilines is 1. The molecule has 28 heavy (non-hydrogen) atoms. The van der Waals surface area contributed by atoms with Gasteiger partial charge >= 0.3 is 0 Å². The average molecular weight is 437 g/mol. The number of aromatic nitrogens is 3. The molecule has 0 unspecified atom stereocenters. The standard InChI is InChI=1S/C21H14BrFN4O/c22-16-9-15(12-24-13-16)21(28)25-20-11-19(14-5-2-1-3-6-14)26-27(20)18-8-4-7-17(23)10-18/h1-13H,(H,25,28). The summed E-state index contributed by atoms with van der Waals surface area (Å²) in [6.07, 6.45) is 3.07. The molecule has 2 aromatic carbocycles. The molecule has 2 heterocycles. The van der Waals surface area contributed by atoms with E-state index in [0.29, 0.717) is 27.2 Å². The van der Waals surface area contributed by atoms with Crippen LogP contribution >= 0.6 is 15.9 Å². The number of halogens is 2. The SMILES string of the molecule is O=C(Nc1cc(-c2ccccc2)nn1-c1cccc(F)c1)c1cncc(Br)c1. The molecule has 138 valence electrons. The summed E-state index contributed by atoms with van der Waals surface area (Å²) in [5, 5.41) is 7.41. The zero-order valence-corrected chi connectivity index (χ0v) is 16.1. The zero-order valence-electron chi connectivity index (χ0n) is 14.5. The molecule has 4 aromatic rings. The molecule has 0 spiro atoms. The highest BCUT2D eigenvalue weighted by atomic mass is 79.9. The number of nitrogens with one attached hydrogen (secondary N) is 1. The lowest BCUT2D eigenvalue weighted by molar-refractivity contribution is 0.102. The molecule has 1 N–H and O–H groups in total. The molecule has 0 aliphatic rings. The second-order valence-corrected chi connectivity index (χ2v) is 6.93. The van der Waals surface area contributed by atoms with Crippen molar-refractivity contribution in [1.29, 1.82) is 0 Å². The molecule has 0 saturated carbocycles. The van der Waals surface area contributed by atoms with E-state index in [2.05, 4.69) is 31.3 Å². The monoisotopic (exact) mass is 436 g/mol. The molecule has 2 aromatic heterocycles. The van der Waals surface area contributed by atoms with Crippen molar-refractivity contribution >= 4 is 27.7 Å². The number of benzene rings is 2. The topological polar surface area (TPSA) is 59.8 Å². The van der Waals surface area contributed by atoms with Crippen LogP contribution in [0.15, 0.2) is 83.6 Å². The van der Waals surface area contributed by atoms with Crippen LogP contribution in [-0.4, -0.2) is 20.7 Å². The lowest BCUT2D eigenvalue weighted by Gasteiger charge is -2.09. The fourth-order valence-corrected chi connectivity index (χ4v) is 3.11. The number of rotatable bonds is 4. The molecular formula is C21H14BrFN4O. The summed E-state index contributed by atoms with van der Waals surface area (Å²) in [7, 11) is 0. The van der Waals surface area contributed by atoms with E-state index in [0.717, 1.165) is 5.56 Å². The maximum atomic E-state index is 13.7. The van der Waals surface area contributed by atoms with E-state index in [1.54, 1.807) is 30.5 Å². The van der Waals surface area contributed by atoms with Gasteiger partial charge in [-0.1, -0.05) is 36.4 Å². The van der Waals surface area contributed by atoms with Crippen LogP contribution in [0.5, 0.6) is 0 Å². The van der Waals surface area contributed by atoms with E-state index >= 15 is 0 Å². The van der Waals surface area contributed by atoms with Gasteiger partial charge in [-0.3, -0.25) is 9.78 Å². The van der Waals surface area contributed by atoms with Gasteiger partial charge in [-0.25, -0.2) is 9.07 Å². The van der Waals surface area contributed by atoms with E-state index in [1.807, 2.05) is 30.3 Å². The summed E-state index contributed by atoms with van der Waals surface area (Å²) in [6.45, 7) is 0. The quantitative estimate of drug-likeness (QED) is 0.484. The van der Waals surface area contributed by atoms with Crippen LogP contribution in [0.3, 0.4) is 0 Å². The lowest BCUT2D eigenvalue weighted by atomic mass is 10.1.